The third-order valence-corrected chi connectivity index (χ3v) is 4.65. The smallest absolute Gasteiger partial charge is 0.227 e. The van der Waals surface area contributed by atoms with Gasteiger partial charge in [-0.05, 0) is 32.9 Å². The lowest BCUT2D eigenvalue weighted by Gasteiger charge is -2.38. The summed E-state index contributed by atoms with van der Waals surface area (Å²) in [6, 6.07) is 7.42. The summed E-state index contributed by atoms with van der Waals surface area (Å²) in [7, 11) is 1.76. The standard InChI is InChI=1S/C19H31N5O2.HI/c1-5-21-17(26)19(2,3)14-22-18(20-4)24-12-10-23(11-13-24)15-8-6-7-9-16(15)25;/h6-9,25H,5,10-14H2,1-4H3,(H,20,22)(H,21,26);1H. The van der Waals surface area contributed by atoms with Crippen molar-refractivity contribution in [2.24, 2.45) is 10.4 Å². The van der Waals surface area contributed by atoms with Crippen LogP contribution in [0.3, 0.4) is 0 Å². The van der Waals surface area contributed by atoms with Crippen molar-refractivity contribution in [2.45, 2.75) is 20.8 Å². The SMILES string of the molecule is CCNC(=O)C(C)(C)CNC(=NC)N1CCN(c2ccccc2O)CC1.I. The maximum Gasteiger partial charge on any atom is 0.227 e. The molecule has 0 saturated carbocycles. The van der Waals surface area contributed by atoms with Crippen LogP contribution in [0.1, 0.15) is 20.8 Å². The van der Waals surface area contributed by atoms with Gasteiger partial charge in [0.15, 0.2) is 5.96 Å². The molecule has 8 heteroatoms. The highest BCUT2D eigenvalue weighted by Crippen LogP contribution is 2.27. The molecule has 7 nitrogen and oxygen atoms in total. The van der Waals surface area contributed by atoms with E-state index in [1.807, 2.05) is 39.0 Å². The topological polar surface area (TPSA) is 80.2 Å². The fraction of sp³-hybridized carbons (Fsp3) is 0.579. The number of carbonyl (C=O) groups excluding carboxylic acids is 1. The predicted octanol–water partition coefficient (Wildman–Crippen LogP) is 1.87. The van der Waals surface area contributed by atoms with Crippen molar-refractivity contribution in [1.82, 2.24) is 15.5 Å². The Hall–Kier alpha value is -1.71. The zero-order valence-electron chi connectivity index (χ0n) is 16.7. The molecule has 1 aromatic carbocycles. The van der Waals surface area contributed by atoms with Gasteiger partial charge in [0.25, 0.3) is 0 Å². The number of hydrogen-bond donors (Lipinski definition) is 3. The number of nitrogens with one attached hydrogen (secondary N) is 2. The van der Waals surface area contributed by atoms with E-state index in [0.29, 0.717) is 18.8 Å². The van der Waals surface area contributed by atoms with E-state index in [1.165, 1.54) is 0 Å². The first kappa shape index (κ1) is 23.3. The van der Waals surface area contributed by atoms with E-state index in [0.717, 1.165) is 37.8 Å². The fourth-order valence-electron chi connectivity index (χ4n) is 3.00. The highest BCUT2D eigenvalue weighted by Gasteiger charge is 2.28. The molecule has 0 unspecified atom stereocenters. The molecule has 1 saturated heterocycles. The number of piperazine rings is 1. The average molecular weight is 489 g/mol. The van der Waals surface area contributed by atoms with Gasteiger partial charge in [-0.25, -0.2) is 0 Å². The van der Waals surface area contributed by atoms with Gasteiger partial charge >= 0.3 is 0 Å². The Kier molecular flexibility index (Phi) is 9.14. The van der Waals surface area contributed by atoms with Crippen LogP contribution < -0.4 is 15.5 Å². The number of amides is 1. The number of phenols is 1. The Bertz CT molecular complexity index is 643. The van der Waals surface area contributed by atoms with Gasteiger partial charge in [0, 0.05) is 46.3 Å². The normalized spacial score (nSPS) is 15.2. The van der Waals surface area contributed by atoms with Crippen molar-refractivity contribution in [2.75, 3.05) is 51.2 Å². The lowest BCUT2D eigenvalue weighted by atomic mass is 9.92. The zero-order valence-corrected chi connectivity index (χ0v) is 19.0. The molecular formula is C19H32IN5O2. The molecule has 1 aliphatic heterocycles. The molecule has 3 N–H and O–H groups in total. The lowest BCUT2D eigenvalue weighted by Crippen LogP contribution is -2.54. The first-order chi connectivity index (χ1) is 12.4. The summed E-state index contributed by atoms with van der Waals surface area (Å²) < 4.78 is 0. The summed E-state index contributed by atoms with van der Waals surface area (Å²) in [4.78, 5) is 20.9. The highest BCUT2D eigenvalue weighted by atomic mass is 127. The number of aliphatic imine (C=N–C) groups is 1. The minimum Gasteiger partial charge on any atom is -0.506 e. The molecule has 0 atom stereocenters. The van der Waals surface area contributed by atoms with Crippen LogP contribution in [-0.2, 0) is 4.79 Å². The molecule has 0 radical (unpaired) electrons. The molecule has 1 amide bonds. The van der Waals surface area contributed by atoms with Crippen molar-refractivity contribution in [3.05, 3.63) is 24.3 Å². The second-order valence-electron chi connectivity index (χ2n) is 7.11. The molecule has 0 aromatic heterocycles. The Morgan fingerprint density at radius 3 is 2.37 bits per heavy atom. The Balaban J connectivity index is 0.00000364. The van der Waals surface area contributed by atoms with Gasteiger partial charge in [-0.3, -0.25) is 9.79 Å². The van der Waals surface area contributed by atoms with Gasteiger partial charge in [0.1, 0.15) is 5.75 Å². The number of para-hydroxylation sites is 2. The quantitative estimate of drug-likeness (QED) is 0.335. The van der Waals surface area contributed by atoms with E-state index in [1.54, 1.807) is 13.1 Å². The third kappa shape index (κ3) is 6.15. The number of nitrogens with zero attached hydrogens (tertiary/aromatic N) is 3. The Morgan fingerprint density at radius 1 is 1.19 bits per heavy atom. The molecule has 27 heavy (non-hydrogen) atoms. The molecule has 1 fully saturated rings. The van der Waals surface area contributed by atoms with E-state index >= 15 is 0 Å². The largest absolute Gasteiger partial charge is 0.506 e. The van der Waals surface area contributed by atoms with Crippen molar-refractivity contribution < 1.29 is 9.90 Å². The molecule has 1 heterocycles. The minimum absolute atomic E-state index is 0. The van der Waals surface area contributed by atoms with Crippen LogP contribution in [0, 0.1) is 5.41 Å². The summed E-state index contributed by atoms with van der Waals surface area (Å²) >= 11 is 0. The number of rotatable bonds is 5. The van der Waals surface area contributed by atoms with Crippen LogP contribution in [0.25, 0.3) is 0 Å². The minimum atomic E-state index is -0.510. The average Bonchev–Trinajstić information content (AvgIpc) is 2.63. The monoisotopic (exact) mass is 489 g/mol. The summed E-state index contributed by atoms with van der Waals surface area (Å²) in [5.74, 6) is 1.15. The number of guanidine groups is 1. The number of halogens is 1. The number of benzene rings is 1. The van der Waals surface area contributed by atoms with Gasteiger partial charge < -0.3 is 25.5 Å². The Morgan fingerprint density at radius 2 is 1.81 bits per heavy atom. The molecular weight excluding hydrogens is 457 g/mol. The van der Waals surface area contributed by atoms with Crippen LogP contribution in [0.5, 0.6) is 5.75 Å². The molecule has 2 rings (SSSR count). The third-order valence-electron chi connectivity index (χ3n) is 4.65. The van der Waals surface area contributed by atoms with E-state index in [4.69, 9.17) is 0 Å². The second-order valence-corrected chi connectivity index (χ2v) is 7.11. The van der Waals surface area contributed by atoms with E-state index in [2.05, 4.69) is 25.4 Å². The summed E-state index contributed by atoms with van der Waals surface area (Å²) in [6.45, 7) is 10.1. The fourth-order valence-corrected chi connectivity index (χ4v) is 3.00. The van der Waals surface area contributed by atoms with E-state index in [9.17, 15) is 9.90 Å². The number of phenolic OH excluding ortho intramolecular Hbond substituents is 1. The van der Waals surface area contributed by atoms with Crippen molar-refractivity contribution in [1.29, 1.82) is 0 Å². The maximum atomic E-state index is 12.1. The van der Waals surface area contributed by atoms with Crippen LogP contribution in [-0.4, -0.2) is 68.2 Å². The van der Waals surface area contributed by atoms with E-state index in [-0.39, 0.29) is 29.9 Å². The highest BCUT2D eigenvalue weighted by molar-refractivity contribution is 14.0. The molecule has 0 aliphatic carbocycles. The first-order valence-electron chi connectivity index (χ1n) is 9.16. The molecule has 1 aromatic rings. The number of hydrogen-bond acceptors (Lipinski definition) is 4. The molecule has 152 valence electrons. The zero-order chi connectivity index (χ0) is 19.2. The van der Waals surface area contributed by atoms with Crippen LogP contribution >= 0.6 is 24.0 Å². The molecule has 1 aliphatic rings. The lowest BCUT2D eigenvalue weighted by molar-refractivity contribution is -0.128. The van der Waals surface area contributed by atoms with Gasteiger partial charge in [0.2, 0.25) is 5.91 Å². The van der Waals surface area contributed by atoms with Gasteiger partial charge in [0.05, 0.1) is 11.1 Å². The molecule has 0 spiro atoms. The van der Waals surface area contributed by atoms with Gasteiger partial charge in [-0.15, -0.1) is 24.0 Å². The summed E-state index contributed by atoms with van der Waals surface area (Å²) in [6.07, 6.45) is 0. The van der Waals surface area contributed by atoms with Crippen molar-refractivity contribution in [3.8, 4) is 5.75 Å². The first-order valence-corrected chi connectivity index (χ1v) is 9.16. The molecule has 0 bridgehead atoms. The van der Waals surface area contributed by atoms with Gasteiger partial charge in [-0.1, -0.05) is 12.1 Å². The maximum absolute atomic E-state index is 12.1. The summed E-state index contributed by atoms with van der Waals surface area (Å²) in [5, 5.41) is 16.2. The number of aromatic hydroxyl groups is 1. The van der Waals surface area contributed by atoms with Gasteiger partial charge in [-0.2, -0.15) is 0 Å². The predicted molar refractivity (Wildman–Crippen MR) is 121 cm³/mol. The number of anilines is 1. The number of carbonyl (C=O) groups is 1. The van der Waals surface area contributed by atoms with Crippen molar-refractivity contribution >= 4 is 41.5 Å². The Labute approximate surface area is 179 Å². The van der Waals surface area contributed by atoms with Crippen LogP contribution in [0.2, 0.25) is 0 Å². The van der Waals surface area contributed by atoms with Crippen molar-refractivity contribution in [3.63, 3.8) is 0 Å². The van der Waals surface area contributed by atoms with Crippen LogP contribution in [0.4, 0.5) is 5.69 Å². The second kappa shape index (κ2) is 10.6. The summed E-state index contributed by atoms with van der Waals surface area (Å²) in [5.41, 5.74) is 0.358. The van der Waals surface area contributed by atoms with E-state index < -0.39 is 5.41 Å². The van der Waals surface area contributed by atoms with Crippen LogP contribution in [0.15, 0.2) is 29.3 Å².